The third kappa shape index (κ3) is 3.10. The monoisotopic (exact) mass is 330 g/mol. The number of hydrogen-bond acceptors (Lipinski definition) is 3. The molecule has 1 aliphatic rings. The average molecular weight is 330 g/mol. The zero-order valence-electron chi connectivity index (χ0n) is 14.5. The average Bonchev–Trinajstić information content (AvgIpc) is 3.20. The standard InChI is InChI=1S/C22H22N2O/c1-25-21-13-11-16-6-2-4-8-18(16)20(21)12-10-17-7-3-5-9-19(17)22-23-14-15-24-22/h2-9,11,13H,10,12,14-15H2,1H3,(H,23,24). The molecule has 3 aromatic carbocycles. The van der Waals surface area contributed by atoms with Gasteiger partial charge in [-0.3, -0.25) is 4.99 Å². The van der Waals surface area contributed by atoms with Gasteiger partial charge in [-0.15, -0.1) is 0 Å². The Morgan fingerprint density at radius 2 is 1.80 bits per heavy atom. The van der Waals surface area contributed by atoms with Crippen molar-refractivity contribution in [2.75, 3.05) is 20.2 Å². The number of hydrogen-bond donors (Lipinski definition) is 1. The lowest BCUT2D eigenvalue weighted by molar-refractivity contribution is 0.410. The second kappa shape index (κ2) is 6.98. The van der Waals surface area contributed by atoms with Crippen LogP contribution < -0.4 is 10.1 Å². The largest absolute Gasteiger partial charge is 0.496 e. The molecular formula is C22H22N2O. The second-order valence-electron chi connectivity index (χ2n) is 6.28. The van der Waals surface area contributed by atoms with Crippen molar-refractivity contribution in [1.82, 2.24) is 5.32 Å². The molecule has 1 aliphatic heterocycles. The van der Waals surface area contributed by atoms with E-state index in [2.05, 4.69) is 71.0 Å². The molecule has 3 aromatic rings. The van der Waals surface area contributed by atoms with Crippen LogP contribution in [0.3, 0.4) is 0 Å². The topological polar surface area (TPSA) is 33.6 Å². The minimum absolute atomic E-state index is 0.862. The first kappa shape index (κ1) is 15.7. The lowest BCUT2D eigenvalue weighted by atomic mass is 9.95. The van der Waals surface area contributed by atoms with Crippen LogP contribution in [-0.2, 0) is 12.8 Å². The fourth-order valence-electron chi connectivity index (χ4n) is 3.57. The number of nitrogens with one attached hydrogen (secondary N) is 1. The molecule has 0 radical (unpaired) electrons. The number of aliphatic imine (C=N–C) groups is 1. The molecule has 126 valence electrons. The predicted octanol–water partition coefficient (Wildman–Crippen LogP) is 3.98. The Morgan fingerprint density at radius 1 is 0.960 bits per heavy atom. The molecule has 0 saturated carbocycles. The zero-order chi connectivity index (χ0) is 17.1. The van der Waals surface area contributed by atoms with E-state index in [1.165, 1.54) is 27.5 Å². The number of benzene rings is 3. The lowest BCUT2D eigenvalue weighted by Gasteiger charge is -2.14. The fourth-order valence-corrected chi connectivity index (χ4v) is 3.57. The summed E-state index contributed by atoms with van der Waals surface area (Å²) in [5.41, 5.74) is 3.82. The van der Waals surface area contributed by atoms with Crippen molar-refractivity contribution in [3.05, 3.63) is 77.4 Å². The molecule has 0 amide bonds. The van der Waals surface area contributed by atoms with Crippen LogP contribution in [0.4, 0.5) is 0 Å². The van der Waals surface area contributed by atoms with E-state index in [0.717, 1.165) is 37.5 Å². The SMILES string of the molecule is COc1ccc2ccccc2c1CCc1ccccc1C1=NCCN1. The van der Waals surface area contributed by atoms with E-state index in [0.29, 0.717) is 0 Å². The first-order valence-corrected chi connectivity index (χ1v) is 8.78. The highest BCUT2D eigenvalue weighted by atomic mass is 16.5. The Bertz CT molecular complexity index is 930. The van der Waals surface area contributed by atoms with E-state index in [1.807, 2.05) is 0 Å². The Kier molecular flexibility index (Phi) is 4.38. The molecule has 4 rings (SSSR count). The maximum atomic E-state index is 5.64. The summed E-state index contributed by atoms with van der Waals surface area (Å²) in [4.78, 5) is 4.59. The summed E-state index contributed by atoms with van der Waals surface area (Å²) in [6, 6.07) is 21.3. The molecule has 0 aliphatic carbocycles. The maximum Gasteiger partial charge on any atom is 0.128 e. The summed E-state index contributed by atoms with van der Waals surface area (Å²) in [5.74, 6) is 1.99. The number of aryl methyl sites for hydroxylation is 2. The Hall–Kier alpha value is -2.81. The minimum Gasteiger partial charge on any atom is -0.496 e. The van der Waals surface area contributed by atoms with E-state index in [-0.39, 0.29) is 0 Å². The fraction of sp³-hybridized carbons (Fsp3) is 0.227. The van der Waals surface area contributed by atoms with Crippen LogP contribution in [0.1, 0.15) is 16.7 Å². The molecule has 0 aromatic heterocycles. The van der Waals surface area contributed by atoms with E-state index >= 15 is 0 Å². The number of ether oxygens (including phenoxy) is 1. The third-order valence-corrected chi connectivity index (χ3v) is 4.81. The first-order chi connectivity index (χ1) is 12.4. The van der Waals surface area contributed by atoms with Crippen LogP contribution in [0.15, 0.2) is 65.7 Å². The number of amidine groups is 1. The molecule has 0 unspecified atom stereocenters. The summed E-state index contributed by atoms with van der Waals surface area (Å²) in [5, 5.41) is 5.92. The summed E-state index contributed by atoms with van der Waals surface area (Å²) in [7, 11) is 1.75. The van der Waals surface area contributed by atoms with Gasteiger partial charge in [0.2, 0.25) is 0 Å². The van der Waals surface area contributed by atoms with Gasteiger partial charge in [0.15, 0.2) is 0 Å². The highest BCUT2D eigenvalue weighted by Crippen LogP contribution is 2.29. The summed E-state index contributed by atoms with van der Waals surface area (Å²) < 4.78 is 5.64. The molecule has 3 heteroatoms. The highest BCUT2D eigenvalue weighted by molar-refractivity contribution is 6.01. The quantitative estimate of drug-likeness (QED) is 0.767. The van der Waals surface area contributed by atoms with Crippen LogP contribution in [0.25, 0.3) is 10.8 Å². The Morgan fingerprint density at radius 3 is 2.64 bits per heavy atom. The normalized spacial score (nSPS) is 13.6. The van der Waals surface area contributed by atoms with Gasteiger partial charge < -0.3 is 10.1 Å². The van der Waals surface area contributed by atoms with E-state index in [4.69, 9.17) is 4.74 Å². The number of nitrogens with zero attached hydrogens (tertiary/aromatic N) is 1. The van der Waals surface area contributed by atoms with Gasteiger partial charge in [-0.2, -0.15) is 0 Å². The first-order valence-electron chi connectivity index (χ1n) is 8.78. The van der Waals surface area contributed by atoms with Gasteiger partial charge in [-0.25, -0.2) is 0 Å². The van der Waals surface area contributed by atoms with Gasteiger partial charge in [0.25, 0.3) is 0 Å². The zero-order valence-corrected chi connectivity index (χ0v) is 14.5. The van der Waals surface area contributed by atoms with Crippen LogP contribution in [0, 0.1) is 0 Å². The van der Waals surface area contributed by atoms with Crippen molar-refractivity contribution >= 4 is 16.6 Å². The highest BCUT2D eigenvalue weighted by Gasteiger charge is 2.14. The third-order valence-electron chi connectivity index (χ3n) is 4.81. The van der Waals surface area contributed by atoms with Crippen molar-refractivity contribution in [2.24, 2.45) is 4.99 Å². The summed E-state index contributed by atoms with van der Waals surface area (Å²) in [6.45, 7) is 1.79. The van der Waals surface area contributed by atoms with E-state index < -0.39 is 0 Å². The molecule has 25 heavy (non-hydrogen) atoms. The van der Waals surface area contributed by atoms with Gasteiger partial charge in [0, 0.05) is 17.7 Å². The second-order valence-corrected chi connectivity index (χ2v) is 6.28. The molecule has 3 nitrogen and oxygen atoms in total. The molecule has 0 saturated heterocycles. The van der Waals surface area contributed by atoms with Gasteiger partial charge in [0.05, 0.1) is 13.7 Å². The number of fused-ring (bicyclic) bond motifs is 1. The van der Waals surface area contributed by atoms with Crippen LogP contribution in [0.5, 0.6) is 5.75 Å². The molecule has 1 heterocycles. The van der Waals surface area contributed by atoms with Gasteiger partial charge in [-0.05, 0) is 35.2 Å². The molecule has 0 fully saturated rings. The van der Waals surface area contributed by atoms with Crippen molar-refractivity contribution in [3.63, 3.8) is 0 Å². The van der Waals surface area contributed by atoms with E-state index in [9.17, 15) is 0 Å². The molecule has 0 bridgehead atoms. The van der Waals surface area contributed by atoms with Crippen LogP contribution in [0.2, 0.25) is 0 Å². The van der Waals surface area contributed by atoms with Crippen LogP contribution in [-0.4, -0.2) is 26.0 Å². The van der Waals surface area contributed by atoms with Crippen molar-refractivity contribution in [3.8, 4) is 5.75 Å². The van der Waals surface area contributed by atoms with Crippen molar-refractivity contribution in [1.29, 1.82) is 0 Å². The Labute approximate surface area is 148 Å². The smallest absolute Gasteiger partial charge is 0.128 e. The molecule has 0 atom stereocenters. The van der Waals surface area contributed by atoms with Crippen LogP contribution >= 0.6 is 0 Å². The summed E-state index contributed by atoms with van der Waals surface area (Å²) >= 11 is 0. The summed E-state index contributed by atoms with van der Waals surface area (Å²) in [6.07, 6.45) is 1.90. The molecular weight excluding hydrogens is 308 g/mol. The Balaban J connectivity index is 1.67. The lowest BCUT2D eigenvalue weighted by Crippen LogP contribution is -2.21. The van der Waals surface area contributed by atoms with Gasteiger partial charge in [-0.1, -0.05) is 54.6 Å². The van der Waals surface area contributed by atoms with Gasteiger partial charge in [0.1, 0.15) is 11.6 Å². The number of rotatable bonds is 5. The molecule has 0 spiro atoms. The van der Waals surface area contributed by atoms with Crippen molar-refractivity contribution in [2.45, 2.75) is 12.8 Å². The van der Waals surface area contributed by atoms with E-state index in [1.54, 1.807) is 7.11 Å². The minimum atomic E-state index is 0.862. The van der Waals surface area contributed by atoms with Gasteiger partial charge >= 0.3 is 0 Å². The predicted molar refractivity (Wildman–Crippen MR) is 104 cm³/mol. The van der Waals surface area contributed by atoms with Crippen molar-refractivity contribution < 1.29 is 4.74 Å². The number of methoxy groups -OCH3 is 1. The molecule has 1 N–H and O–H groups in total. The maximum absolute atomic E-state index is 5.64.